The van der Waals surface area contributed by atoms with Gasteiger partial charge in [0.25, 0.3) is 0 Å². The molecular formula is C19H21N. The zero-order valence-electron chi connectivity index (χ0n) is 12.0. The first-order valence-electron chi connectivity index (χ1n) is 7.74. The lowest BCUT2D eigenvalue weighted by atomic mass is 9.69. The van der Waals surface area contributed by atoms with Crippen LogP contribution in [-0.4, -0.2) is 0 Å². The zero-order valence-corrected chi connectivity index (χ0v) is 12.0. The first kappa shape index (κ1) is 12.2. The minimum Gasteiger partial charge on any atom is -0.305 e. The molecule has 3 atom stereocenters. The van der Waals surface area contributed by atoms with E-state index in [0.29, 0.717) is 12.0 Å². The van der Waals surface area contributed by atoms with Gasteiger partial charge in [0.15, 0.2) is 0 Å². The highest BCUT2D eigenvalue weighted by Gasteiger charge is 2.35. The largest absolute Gasteiger partial charge is 0.305 e. The van der Waals surface area contributed by atoms with E-state index in [1.807, 2.05) is 0 Å². The molecule has 0 saturated heterocycles. The molecule has 1 aliphatic carbocycles. The Bertz CT molecular complexity index is 617. The lowest BCUT2D eigenvalue weighted by Crippen LogP contribution is -2.35. The van der Waals surface area contributed by atoms with Crippen LogP contribution in [0, 0.1) is 0 Å². The fourth-order valence-electron chi connectivity index (χ4n) is 4.10. The van der Waals surface area contributed by atoms with E-state index in [2.05, 4.69) is 60.8 Å². The van der Waals surface area contributed by atoms with Crippen molar-refractivity contribution in [1.29, 1.82) is 0 Å². The predicted octanol–water partition coefficient (Wildman–Crippen LogP) is 4.51. The van der Waals surface area contributed by atoms with E-state index in [0.717, 1.165) is 12.5 Å². The van der Waals surface area contributed by atoms with Gasteiger partial charge in [-0.1, -0.05) is 55.5 Å². The van der Waals surface area contributed by atoms with Crippen molar-refractivity contribution < 1.29 is 0 Å². The van der Waals surface area contributed by atoms with Crippen LogP contribution in [0.3, 0.4) is 0 Å². The second kappa shape index (κ2) is 4.75. The molecule has 0 spiro atoms. The molecule has 0 radical (unpaired) electrons. The fraction of sp³-hybridized carbons (Fsp3) is 0.368. The zero-order chi connectivity index (χ0) is 13.5. The summed E-state index contributed by atoms with van der Waals surface area (Å²) in [7, 11) is 0. The van der Waals surface area contributed by atoms with Crippen molar-refractivity contribution >= 4 is 0 Å². The van der Waals surface area contributed by atoms with Crippen LogP contribution in [-0.2, 0) is 6.54 Å². The maximum absolute atomic E-state index is 3.77. The summed E-state index contributed by atoms with van der Waals surface area (Å²) >= 11 is 0. The molecule has 1 N–H and O–H groups in total. The number of benzene rings is 2. The molecule has 0 amide bonds. The average Bonchev–Trinajstić information content (AvgIpc) is 2.52. The second-order valence-electron chi connectivity index (χ2n) is 6.27. The van der Waals surface area contributed by atoms with Gasteiger partial charge in [0, 0.05) is 18.5 Å². The van der Waals surface area contributed by atoms with E-state index >= 15 is 0 Å². The lowest BCUT2D eigenvalue weighted by Gasteiger charge is -2.41. The van der Waals surface area contributed by atoms with Crippen LogP contribution in [0.1, 0.15) is 59.9 Å². The van der Waals surface area contributed by atoms with Crippen LogP contribution in [0.2, 0.25) is 0 Å². The van der Waals surface area contributed by atoms with Gasteiger partial charge >= 0.3 is 0 Å². The molecule has 0 saturated carbocycles. The molecule has 2 aromatic rings. The predicted molar refractivity (Wildman–Crippen MR) is 82.9 cm³/mol. The molecule has 1 heterocycles. The van der Waals surface area contributed by atoms with Crippen LogP contribution in [0.4, 0.5) is 0 Å². The SMILES string of the molecule is CC1CCC2c3c(cccc31)CNC2c1ccccc1. The summed E-state index contributed by atoms with van der Waals surface area (Å²) in [6.07, 6.45) is 2.61. The van der Waals surface area contributed by atoms with Gasteiger partial charge < -0.3 is 5.32 Å². The van der Waals surface area contributed by atoms with E-state index in [1.165, 1.54) is 24.0 Å². The summed E-state index contributed by atoms with van der Waals surface area (Å²) in [5.74, 6) is 1.37. The molecule has 1 nitrogen and oxygen atoms in total. The Hall–Kier alpha value is -1.60. The second-order valence-corrected chi connectivity index (χ2v) is 6.27. The lowest BCUT2D eigenvalue weighted by molar-refractivity contribution is 0.358. The van der Waals surface area contributed by atoms with Crippen molar-refractivity contribution in [1.82, 2.24) is 5.32 Å². The maximum atomic E-state index is 3.77. The highest BCUT2D eigenvalue weighted by atomic mass is 14.9. The molecule has 3 unspecified atom stereocenters. The Morgan fingerprint density at radius 1 is 0.950 bits per heavy atom. The Kier molecular flexibility index (Phi) is 2.89. The molecule has 0 aromatic heterocycles. The standard InChI is InChI=1S/C19H21N/c1-13-10-11-17-18-15(8-5-9-16(13)18)12-20-19(17)14-6-3-2-4-7-14/h2-9,13,17,19-20H,10-12H2,1H3. The molecule has 1 heteroatoms. The Morgan fingerprint density at radius 3 is 2.65 bits per heavy atom. The normalized spacial score (nSPS) is 27.9. The van der Waals surface area contributed by atoms with Gasteiger partial charge in [0.05, 0.1) is 0 Å². The van der Waals surface area contributed by atoms with Crippen LogP contribution >= 0.6 is 0 Å². The van der Waals surface area contributed by atoms with Crippen molar-refractivity contribution in [2.24, 2.45) is 0 Å². The molecule has 2 aliphatic rings. The summed E-state index contributed by atoms with van der Waals surface area (Å²) in [5.41, 5.74) is 6.21. The van der Waals surface area contributed by atoms with Crippen LogP contribution < -0.4 is 5.32 Å². The van der Waals surface area contributed by atoms with E-state index < -0.39 is 0 Å². The third-order valence-corrected chi connectivity index (χ3v) is 5.12. The van der Waals surface area contributed by atoms with Gasteiger partial charge in [-0.15, -0.1) is 0 Å². The van der Waals surface area contributed by atoms with Gasteiger partial charge in [-0.3, -0.25) is 0 Å². The van der Waals surface area contributed by atoms with E-state index in [4.69, 9.17) is 0 Å². The Labute approximate surface area is 121 Å². The van der Waals surface area contributed by atoms with Crippen molar-refractivity contribution in [3.8, 4) is 0 Å². The van der Waals surface area contributed by atoms with Crippen LogP contribution in [0.25, 0.3) is 0 Å². The maximum Gasteiger partial charge on any atom is 0.0392 e. The van der Waals surface area contributed by atoms with E-state index in [9.17, 15) is 0 Å². The van der Waals surface area contributed by atoms with Gasteiger partial charge in [-0.2, -0.15) is 0 Å². The molecule has 2 aromatic carbocycles. The van der Waals surface area contributed by atoms with E-state index in [-0.39, 0.29) is 0 Å². The molecule has 102 valence electrons. The van der Waals surface area contributed by atoms with Crippen molar-refractivity contribution in [2.75, 3.05) is 0 Å². The summed E-state index contributed by atoms with van der Waals surface area (Å²) in [5, 5.41) is 3.77. The molecule has 0 fully saturated rings. The molecular weight excluding hydrogens is 242 g/mol. The van der Waals surface area contributed by atoms with Gasteiger partial charge in [0.2, 0.25) is 0 Å². The fourth-order valence-corrected chi connectivity index (χ4v) is 4.10. The molecule has 4 rings (SSSR count). The average molecular weight is 263 g/mol. The Balaban J connectivity index is 1.82. The summed E-state index contributed by atoms with van der Waals surface area (Å²) in [4.78, 5) is 0. The highest BCUT2D eigenvalue weighted by Crippen LogP contribution is 2.48. The number of hydrogen-bond donors (Lipinski definition) is 1. The van der Waals surface area contributed by atoms with Crippen molar-refractivity contribution in [3.05, 3.63) is 70.8 Å². The third-order valence-electron chi connectivity index (χ3n) is 5.12. The quantitative estimate of drug-likeness (QED) is 0.798. The van der Waals surface area contributed by atoms with Crippen LogP contribution in [0.15, 0.2) is 48.5 Å². The number of rotatable bonds is 1. The molecule has 20 heavy (non-hydrogen) atoms. The Morgan fingerprint density at radius 2 is 1.80 bits per heavy atom. The van der Waals surface area contributed by atoms with Gasteiger partial charge in [-0.25, -0.2) is 0 Å². The number of hydrogen-bond acceptors (Lipinski definition) is 1. The first-order valence-corrected chi connectivity index (χ1v) is 7.74. The van der Waals surface area contributed by atoms with Gasteiger partial charge in [-0.05, 0) is 41.0 Å². The van der Waals surface area contributed by atoms with E-state index in [1.54, 1.807) is 11.1 Å². The summed E-state index contributed by atoms with van der Waals surface area (Å²) in [6.45, 7) is 3.39. The molecule has 0 bridgehead atoms. The molecule has 1 aliphatic heterocycles. The first-order chi connectivity index (χ1) is 9.84. The monoisotopic (exact) mass is 263 g/mol. The van der Waals surface area contributed by atoms with Crippen molar-refractivity contribution in [2.45, 2.75) is 44.2 Å². The third kappa shape index (κ3) is 1.81. The minimum atomic E-state index is 0.484. The minimum absolute atomic E-state index is 0.484. The van der Waals surface area contributed by atoms with Crippen molar-refractivity contribution in [3.63, 3.8) is 0 Å². The van der Waals surface area contributed by atoms with Crippen LogP contribution in [0.5, 0.6) is 0 Å². The summed E-state index contributed by atoms with van der Waals surface area (Å²) < 4.78 is 0. The summed E-state index contributed by atoms with van der Waals surface area (Å²) in [6, 6.07) is 18.3. The highest BCUT2D eigenvalue weighted by molar-refractivity contribution is 5.45. The van der Waals surface area contributed by atoms with Gasteiger partial charge in [0.1, 0.15) is 0 Å². The topological polar surface area (TPSA) is 12.0 Å². The number of nitrogens with one attached hydrogen (secondary N) is 1. The smallest absolute Gasteiger partial charge is 0.0392 e.